The molecule has 1 fully saturated rings. The summed E-state index contributed by atoms with van der Waals surface area (Å²) in [6, 6.07) is 15.6. The Bertz CT molecular complexity index is 645. The number of nitrogens with zero attached hydrogens (tertiary/aromatic N) is 1. The van der Waals surface area contributed by atoms with E-state index in [1.807, 2.05) is 36.4 Å². The van der Waals surface area contributed by atoms with Crippen LogP contribution in [0.5, 0.6) is 0 Å². The Hall–Kier alpha value is -1.85. The van der Waals surface area contributed by atoms with E-state index in [0.29, 0.717) is 12.0 Å². The molecule has 2 aromatic rings. The molecule has 0 saturated carbocycles. The first-order valence-corrected chi connectivity index (χ1v) is 8.07. The van der Waals surface area contributed by atoms with E-state index in [9.17, 15) is 18.3 Å². The van der Waals surface area contributed by atoms with Crippen molar-refractivity contribution in [3.63, 3.8) is 0 Å². The minimum absolute atomic E-state index is 0.0480. The summed E-state index contributed by atoms with van der Waals surface area (Å²) in [5.74, 6) is 0. The highest BCUT2D eigenvalue weighted by molar-refractivity contribution is 5.25. The third kappa shape index (κ3) is 3.32. The zero-order valence-corrected chi connectivity index (χ0v) is 13.2. The Balaban J connectivity index is 2.02. The van der Waals surface area contributed by atoms with Gasteiger partial charge in [0.2, 0.25) is 0 Å². The molecule has 0 aromatic heterocycles. The van der Waals surface area contributed by atoms with Gasteiger partial charge in [-0.25, -0.2) is 0 Å². The highest BCUT2D eigenvalue weighted by atomic mass is 19.4. The summed E-state index contributed by atoms with van der Waals surface area (Å²) in [6.45, 7) is -0.347. The third-order valence-electron chi connectivity index (χ3n) is 4.71. The van der Waals surface area contributed by atoms with Crippen molar-refractivity contribution < 1.29 is 18.3 Å². The fourth-order valence-electron chi connectivity index (χ4n) is 3.66. The summed E-state index contributed by atoms with van der Waals surface area (Å²) in [6.07, 6.45) is -3.84. The maximum absolute atomic E-state index is 13.6. The molecule has 0 unspecified atom stereocenters. The lowest BCUT2D eigenvalue weighted by atomic mass is 10.0. The van der Waals surface area contributed by atoms with Crippen LogP contribution < -0.4 is 0 Å². The molecule has 1 heterocycles. The van der Waals surface area contributed by atoms with Gasteiger partial charge >= 0.3 is 6.18 Å². The van der Waals surface area contributed by atoms with Crippen molar-refractivity contribution in [2.45, 2.75) is 37.1 Å². The van der Waals surface area contributed by atoms with E-state index in [-0.39, 0.29) is 19.1 Å². The maximum Gasteiger partial charge on any atom is 0.404 e. The molecule has 3 atom stereocenters. The van der Waals surface area contributed by atoms with Gasteiger partial charge in [-0.1, -0.05) is 60.7 Å². The predicted molar refractivity (Wildman–Crippen MR) is 86.4 cm³/mol. The lowest BCUT2D eigenvalue weighted by Crippen LogP contribution is -2.45. The molecule has 0 bridgehead atoms. The van der Waals surface area contributed by atoms with Crippen LogP contribution in [0, 0.1) is 0 Å². The number of hydrogen-bond acceptors (Lipinski definition) is 2. The van der Waals surface area contributed by atoms with Gasteiger partial charge in [-0.2, -0.15) is 13.2 Å². The largest absolute Gasteiger partial charge is 0.404 e. The van der Waals surface area contributed by atoms with Gasteiger partial charge in [0.25, 0.3) is 0 Å². The Labute approximate surface area is 139 Å². The number of likely N-dealkylation sites (tertiary alicyclic amines) is 1. The van der Waals surface area contributed by atoms with E-state index in [4.69, 9.17) is 0 Å². The lowest BCUT2D eigenvalue weighted by molar-refractivity contribution is -0.187. The van der Waals surface area contributed by atoms with Gasteiger partial charge < -0.3 is 5.11 Å². The first-order valence-electron chi connectivity index (χ1n) is 8.07. The average molecular weight is 335 g/mol. The molecule has 0 aliphatic carbocycles. The van der Waals surface area contributed by atoms with Crippen LogP contribution in [0.1, 0.15) is 36.1 Å². The van der Waals surface area contributed by atoms with Crippen LogP contribution in [0.15, 0.2) is 60.7 Å². The zero-order valence-electron chi connectivity index (χ0n) is 13.2. The van der Waals surface area contributed by atoms with Gasteiger partial charge in [0.15, 0.2) is 0 Å². The molecule has 3 rings (SSSR count). The number of hydrogen-bond donors (Lipinski definition) is 1. The third-order valence-corrected chi connectivity index (χ3v) is 4.71. The summed E-state index contributed by atoms with van der Waals surface area (Å²) in [4.78, 5) is 1.45. The van der Waals surface area contributed by atoms with Crippen LogP contribution in [0.4, 0.5) is 13.2 Å². The Kier molecular flexibility index (Phi) is 4.92. The van der Waals surface area contributed by atoms with E-state index in [1.54, 1.807) is 24.3 Å². The van der Waals surface area contributed by atoms with E-state index in [1.165, 1.54) is 4.90 Å². The Morgan fingerprint density at radius 3 is 2.08 bits per heavy atom. The van der Waals surface area contributed by atoms with Crippen molar-refractivity contribution in [3.05, 3.63) is 71.8 Å². The van der Waals surface area contributed by atoms with E-state index < -0.39 is 18.3 Å². The monoisotopic (exact) mass is 335 g/mol. The summed E-state index contributed by atoms with van der Waals surface area (Å²) in [7, 11) is 0. The minimum Gasteiger partial charge on any atom is -0.394 e. The van der Waals surface area contributed by atoms with Crippen LogP contribution >= 0.6 is 0 Å². The van der Waals surface area contributed by atoms with Crippen molar-refractivity contribution >= 4 is 0 Å². The molecular formula is C19H20F3NO. The van der Waals surface area contributed by atoms with Crippen LogP contribution in [0.2, 0.25) is 0 Å². The van der Waals surface area contributed by atoms with Gasteiger partial charge in [-0.05, 0) is 24.0 Å². The summed E-state index contributed by atoms with van der Waals surface area (Å²) in [5, 5.41) is 9.88. The van der Waals surface area contributed by atoms with Crippen molar-refractivity contribution in [2.75, 3.05) is 6.61 Å². The molecule has 128 valence electrons. The van der Waals surface area contributed by atoms with Gasteiger partial charge in [0.1, 0.15) is 6.04 Å². The van der Waals surface area contributed by atoms with Crippen molar-refractivity contribution in [2.24, 2.45) is 0 Å². The number of halogens is 3. The first kappa shape index (κ1) is 17.0. The average Bonchev–Trinajstić information content (AvgIpc) is 3.02. The van der Waals surface area contributed by atoms with E-state index in [0.717, 1.165) is 5.56 Å². The van der Waals surface area contributed by atoms with Crippen LogP contribution in [0.25, 0.3) is 0 Å². The number of alkyl halides is 3. The molecule has 1 aliphatic rings. The van der Waals surface area contributed by atoms with Crippen LogP contribution in [-0.2, 0) is 0 Å². The molecular weight excluding hydrogens is 315 g/mol. The predicted octanol–water partition coefficient (Wildman–Crippen LogP) is 4.49. The molecule has 1 aliphatic heterocycles. The normalized spacial score (nSPS) is 23.3. The van der Waals surface area contributed by atoms with Gasteiger partial charge in [-0.15, -0.1) is 0 Å². The van der Waals surface area contributed by atoms with Crippen molar-refractivity contribution in [1.29, 1.82) is 0 Å². The molecule has 1 saturated heterocycles. The summed E-state index contributed by atoms with van der Waals surface area (Å²) >= 11 is 0. The zero-order chi connectivity index (χ0) is 17.2. The highest BCUT2D eigenvalue weighted by Gasteiger charge is 2.52. The topological polar surface area (TPSA) is 23.5 Å². The molecule has 0 radical (unpaired) electrons. The highest BCUT2D eigenvalue weighted by Crippen LogP contribution is 2.47. The number of aliphatic hydroxyl groups excluding tert-OH is 1. The molecule has 2 aromatic carbocycles. The maximum atomic E-state index is 13.6. The molecule has 2 nitrogen and oxygen atoms in total. The fraction of sp³-hybridized carbons (Fsp3) is 0.368. The quantitative estimate of drug-likeness (QED) is 0.890. The number of benzene rings is 2. The standard InChI is InChI=1S/C19H20F3NO/c20-19(21,22)18-12-11-16(14-7-3-1-4-8-14)23(18)17(13-24)15-9-5-2-6-10-15/h1-10,16-18,24H,11-13H2/t16-,17+,18-/m1/s1. The molecule has 5 heteroatoms. The smallest absolute Gasteiger partial charge is 0.394 e. The summed E-state index contributed by atoms with van der Waals surface area (Å²) in [5.41, 5.74) is 1.57. The van der Waals surface area contributed by atoms with Crippen LogP contribution in [-0.4, -0.2) is 28.8 Å². The Morgan fingerprint density at radius 1 is 0.958 bits per heavy atom. The molecule has 1 N–H and O–H groups in total. The second kappa shape index (κ2) is 6.95. The molecule has 24 heavy (non-hydrogen) atoms. The summed E-state index contributed by atoms with van der Waals surface area (Å²) < 4.78 is 40.8. The van der Waals surface area contributed by atoms with E-state index in [2.05, 4.69) is 0 Å². The minimum atomic E-state index is -4.31. The van der Waals surface area contributed by atoms with Gasteiger partial charge in [0.05, 0.1) is 12.6 Å². The number of rotatable bonds is 4. The Morgan fingerprint density at radius 2 is 1.54 bits per heavy atom. The molecule has 0 amide bonds. The van der Waals surface area contributed by atoms with Gasteiger partial charge in [-0.3, -0.25) is 4.90 Å². The second-order valence-electron chi connectivity index (χ2n) is 6.12. The lowest BCUT2D eigenvalue weighted by Gasteiger charge is -2.37. The van der Waals surface area contributed by atoms with E-state index >= 15 is 0 Å². The SMILES string of the molecule is OC[C@@H](c1ccccc1)N1[C@@H](c2ccccc2)CC[C@@H]1C(F)(F)F. The number of aliphatic hydroxyl groups is 1. The second-order valence-corrected chi connectivity index (χ2v) is 6.12. The van der Waals surface area contributed by atoms with Crippen molar-refractivity contribution in [3.8, 4) is 0 Å². The van der Waals surface area contributed by atoms with Gasteiger partial charge in [0, 0.05) is 6.04 Å². The van der Waals surface area contributed by atoms with Crippen LogP contribution in [0.3, 0.4) is 0 Å². The fourth-order valence-corrected chi connectivity index (χ4v) is 3.66. The first-order chi connectivity index (χ1) is 11.5. The van der Waals surface area contributed by atoms with Crippen molar-refractivity contribution in [1.82, 2.24) is 4.90 Å². The molecule has 0 spiro atoms.